The summed E-state index contributed by atoms with van der Waals surface area (Å²) in [5.74, 6) is -0.510. The number of nitrogens with zero attached hydrogens (tertiary/aromatic N) is 1. The van der Waals surface area contributed by atoms with Crippen molar-refractivity contribution < 1.29 is 10.2 Å². The van der Waals surface area contributed by atoms with E-state index in [1.807, 2.05) is 4.98 Å². The van der Waals surface area contributed by atoms with Crippen LogP contribution in [0.15, 0.2) is 38.8 Å². The van der Waals surface area contributed by atoms with Crippen molar-refractivity contribution in [3.8, 4) is 11.6 Å². The van der Waals surface area contributed by atoms with E-state index in [4.69, 9.17) is 0 Å². The largest absolute Gasteiger partial charge is 0.508 e. The molecule has 0 amide bonds. The second-order valence-electron chi connectivity index (χ2n) is 3.85. The summed E-state index contributed by atoms with van der Waals surface area (Å²) in [6, 6.07) is 6.11. The van der Waals surface area contributed by atoms with Gasteiger partial charge in [0.05, 0.1) is 11.4 Å². The number of aliphatic imine (C=N–C) groups is 1. The van der Waals surface area contributed by atoms with Gasteiger partial charge in [-0.1, -0.05) is 6.07 Å². The Kier molecular flexibility index (Phi) is 3.19. The van der Waals surface area contributed by atoms with Crippen LogP contribution in [0.3, 0.4) is 0 Å². The third-order valence-electron chi connectivity index (χ3n) is 2.41. The Balaban J connectivity index is 2.54. The minimum Gasteiger partial charge on any atom is -0.508 e. The molecule has 0 aliphatic carbocycles. The predicted octanol–water partition coefficient (Wildman–Crippen LogP) is 0.615. The maximum Gasteiger partial charge on any atom is 0.328 e. The van der Waals surface area contributed by atoms with Gasteiger partial charge < -0.3 is 10.2 Å². The molecule has 1 aromatic heterocycles. The highest BCUT2D eigenvalue weighted by atomic mass is 16.3. The molecule has 1 aromatic carbocycles. The first kappa shape index (κ1) is 12.6. The van der Waals surface area contributed by atoms with Crippen LogP contribution in [0.5, 0.6) is 11.6 Å². The molecule has 4 N–H and O–H groups in total. The average molecular weight is 261 g/mol. The lowest BCUT2D eigenvalue weighted by molar-refractivity contribution is 0.447. The molecular weight excluding hydrogens is 250 g/mol. The average Bonchev–Trinajstić information content (AvgIpc) is 2.27. The first-order valence-electron chi connectivity index (χ1n) is 5.37. The molecule has 0 fully saturated rings. The second kappa shape index (κ2) is 4.81. The van der Waals surface area contributed by atoms with Crippen LogP contribution in [0.4, 0.5) is 5.69 Å². The van der Waals surface area contributed by atoms with E-state index in [0.29, 0.717) is 5.69 Å². The van der Waals surface area contributed by atoms with Gasteiger partial charge in [0.1, 0.15) is 11.3 Å². The number of benzene rings is 1. The maximum absolute atomic E-state index is 11.6. The second-order valence-corrected chi connectivity index (χ2v) is 3.85. The number of aromatic amines is 2. The standard InChI is InChI=1S/C12H11N3O4/c1-6(13-7-3-2-4-8(16)5-7)9-10(17)14-12(19)15-11(9)18/h2-5,16H,1H3,(H3,14,15,17,18,19). The third kappa shape index (κ3) is 2.71. The highest BCUT2D eigenvalue weighted by Crippen LogP contribution is 2.20. The number of aromatic nitrogens is 2. The zero-order chi connectivity index (χ0) is 14.0. The molecule has 2 aromatic rings. The molecule has 0 spiro atoms. The molecule has 0 aliphatic rings. The number of phenols is 1. The number of phenolic OH excluding ortho intramolecular Hbond substituents is 1. The molecule has 7 nitrogen and oxygen atoms in total. The van der Waals surface area contributed by atoms with Crippen molar-refractivity contribution in [3.63, 3.8) is 0 Å². The zero-order valence-corrected chi connectivity index (χ0v) is 9.97. The van der Waals surface area contributed by atoms with Gasteiger partial charge in [0, 0.05) is 6.07 Å². The van der Waals surface area contributed by atoms with Crippen LogP contribution >= 0.6 is 0 Å². The van der Waals surface area contributed by atoms with Crippen LogP contribution in [0.1, 0.15) is 12.5 Å². The highest BCUT2D eigenvalue weighted by molar-refractivity contribution is 6.01. The minimum atomic E-state index is -0.795. The van der Waals surface area contributed by atoms with Crippen molar-refractivity contribution in [2.45, 2.75) is 6.92 Å². The Bertz CT molecular complexity index is 758. The summed E-state index contributed by atoms with van der Waals surface area (Å²) in [6.07, 6.45) is 0. The van der Waals surface area contributed by atoms with Gasteiger partial charge in [0.2, 0.25) is 5.88 Å². The normalized spacial score (nSPS) is 11.5. The summed E-state index contributed by atoms with van der Waals surface area (Å²) in [6.45, 7) is 1.51. The van der Waals surface area contributed by atoms with Crippen LogP contribution in [-0.4, -0.2) is 25.9 Å². The summed E-state index contributed by atoms with van der Waals surface area (Å²) >= 11 is 0. The van der Waals surface area contributed by atoms with Gasteiger partial charge >= 0.3 is 5.69 Å². The molecule has 98 valence electrons. The SMILES string of the molecule is CC(=Nc1cccc(O)c1)c1c(O)[nH]c(=O)[nH]c1=O. The quantitative estimate of drug-likeness (QED) is 0.592. The Hall–Kier alpha value is -2.83. The van der Waals surface area contributed by atoms with E-state index in [0.717, 1.165) is 0 Å². The fourth-order valence-corrected chi connectivity index (χ4v) is 1.62. The third-order valence-corrected chi connectivity index (χ3v) is 2.41. The maximum atomic E-state index is 11.6. The Morgan fingerprint density at radius 3 is 2.58 bits per heavy atom. The number of nitrogens with one attached hydrogen (secondary N) is 2. The van der Waals surface area contributed by atoms with Crippen LogP contribution in [-0.2, 0) is 0 Å². The molecule has 7 heteroatoms. The summed E-state index contributed by atoms with van der Waals surface area (Å²) in [7, 11) is 0. The highest BCUT2D eigenvalue weighted by Gasteiger charge is 2.11. The lowest BCUT2D eigenvalue weighted by Crippen LogP contribution is -2.27. The molecule has 0 bridgehead atoms. The summed E-state index contributed by atoms with van der Waals surface area (Å²) in [4.78, 5) is 30.7. The predicted molar refractivity (Wildman–Crippen MR) is 69.3 cm³/mol. The first-order chi connectivity index (χ1) is 8.97. The molecule has 1 heterocycles. The van der Waals surface area contributed by atoms with Crippen LogP contribution < -0.4 is 11.2 Å². The summed E-state index contributed by atoms with van der Waals surface area (Å²) < 4.78 is 0. The van der Waals surface area contributed by atoms with Crippen LogP contribution in [0.2, 0.25) is 0 Å². The van der Waals surface area contributed by atoms with E-state index in [9.17, 15) is 19.8 Å². The van der Waals surface area contributed by atoms with Crippen LogP contribution in [0.25, 0.3) is 0 Å². The number of H-pyrrole nitrogens is 2. The van der Waals surface area contributed by atoms with Gasteiger partial charge in [-0.25, -0.2) is 4.79 Å². The summed E-state index contributed by atoms with van der Waals surface area (Å²) in [5.41, 5.74) is -1.02. The van der Waals surface area contributed by atoms with Crippen molar-refractivity contribution in [1.29, 1.82) is 0 Å². The van der Waals surface area contributed by atoms with E-state index in [1.165, 1.54) is 19.1 Å². The number of hydrogen-bond acceptors (Lipinski definition) is 5. The molecule has 0 atom stereocenters. The van der Waals surface area contributed by atoms with E-state index < -0.39 is 17.1 Å². The molecule has 0 saturated heterocycles. The van der Waals surface area contributed by atoms with E-state index >= 15 is 0 Å². The number of aromatic hydroxyl groups is 2. The van der Waals surface area contributed by atoms with Gasteiger partial charge in [-0.05, 0) is 19.1 Å². The molecule has 0 aliphatic heterocycles. The molecule has 19 heavy (non-hydrogen) atoms. The van der Waals surface area contributed by atoms with Crippen LogP contribution in [0, 0.1) is 0 Å². The van der Waals surface area contributed by atoms with Gasteiger partial charge in [-0.3, -0.25) is 19.8 Å². The summed E-state index contributed by atoms with van der Waals surface area (Å²) in [5, 5.41) is 18.9. The number of rotatable bonds is 2. The molecule has 0 saturated carbocycles. The van der Waals surface area contributed by atoms with E-state index in [2.05, 4.69) is 9.98 Å². The van der Waals surface area contributed by atoms with Crippen molar-refractivity contribution in [2.75, 3.05) is 0 Å². The first-order valence-corrected chi connectivity index (χ1v) is 5.37. The van der Waals surface area contributed by atoms with Crippen molar-refractivity contribution in [2.24, 2.45) is 4.99 Å². The Morgan fingerprint density at radius 2 is 1.95 bits per heavy atom. The fourth-order valence-electron chi connectivity index (χ4n) is 1.62. The van der Waals surface area contributed by atoms with Crippen molar-refractivity contribution in [1.82, 2.24) is 9.97 Å². The minimum absolute atomic E-state index is 0.0358. The van der Waals surface area contributed by atoms with E-state index in [1.54, 1.807) is 12.1 Å². The zero-order valence-electron chi connectivity index (χ0n) is 9.97. The molecule has 0 radical (unpaired) electrons. The monoisotopic (exact) mass is 261 g/mol. The van der Waals surface area contributed by atoms with E-state index in [-0.39, 0.29) is 17.0 Å². The Labute approximate surface area is 106 Å². The lowest BCUT2D eigenvalue weighted by atomic mass is 10.2. The molecular formula is C12H11N3O4. The van der Waals surface area contributed by atoms with Crippen molar-refractivity contribution in [3.05, 3.63) is 50.7 Å². The number of hydrogen-bond donors (Lipinski definition) is 4. The topological polar surface area (TPSA) is 119 Å². The van der Waals surface area contributed by atoms with Gasteiger partial charge in [0.25, 0.3) is 5.56 Å². The molecule has 0 unspecified atom stereocenters. The molecule has 2 rings (SSSR count). The lowest BCUT2D eigenvalue weighted by Gasteiger charge is -2.02. The van der Waals surface area contributed by atoms with Gasteiger partial charge in [0.15, 0.2) is 0 Å². The van der Waals surface area contributed by atoms with Gasteiger partial charge in [-0.2, -0.15) is 0 Å². The van der Waals surface area contributed by atoms with Crippen molar-refractivity contribution >= 4 is 11.4 Å². The Morgan fingerprint density at radius 1 is 1.21 bits per heavy atom. The fraction of sp³-hybridized carbons (Fsp3) is 0.0833. The van der Waals surface area contributed by atoms with Gasteiger partial charge in [-0.15, -0.1) is 0 Å². The smallest absolute Gasteiger partial charge is 0.328 e.